The molecule has 0 aliphatic carbocycles. The molecule has 0 radical (unpaired) electrons. The van der Waals surface area contributed by atoms with Crippen molar-refractivity contribution in [2.75, 3.05) is 11.9 Å². The van der Waals surface area contributed by atoms with E-state index in [1.54, 1.807) is 19.9 Å². The number of nitriles is 1. The Morgan fingerprint density at radius 1 is 1.22 bits per heavy atom. The maximum absolute atomic E-state index is 12.5. The molecule has 8 nitrogen and oxygen atoms in total. The minimum absolute atomic E-state index is 0.117. The summed E-state index contributed by atoms with van der Waals surface area (Å²) < 4.78 is 0. The number of benzene rings is 1. The van der Waals surface area contributed by atoms with Crippen molar-refractivity contribution in [2.24, 2.45) is 5.41 Å². The van der Waals surface area contributed by atoms with Gasteiger partial charge in [0.1, 0.15) is 5.69 Å². The Bertz CT molecular complexity index is 1050. The number of rotatable bonds is 5. The summed E-state index contributed by atoms with van der Waals surface area (Å²) >= 11 is 0. The Morgan fingerprint density at radius 3 is 2.78 bits per heavy atom. The van der Waals surface area contributed by atoms with Gasteiger partial charge in [-0.3, -0.25) is 19.7 Å². The number of aromatic amines is 1. The zero-order chi connectivity index (χ0) is 19.4. The Morgan fingerprint density at radius 2 is 2.00 bits per heavy atom. The molecule has 0 saturated heterocycles. The van der Waals surface area contributed by atoms with Crippen LogP contribution in [0.4, 0.5) is 5.69 Å². The van der Waals surface area contributed by atoms with Gasteiger partial charge in [-0.25, -0.2) is 0 Å². The topological polar surface area (TPSA) is 124 Å². The molecule has 0 spiro atoms. The van der Waals surface area contributed by atoms with E-state index in [9.17, 15) is 9.59 Å². The lowest BCUT2D eigenvalue weighted by molar-refractivity contribution is 0.0939. The molecular formula is C19H18N6O2. The molecule has 0 fully saturated rings. The molecule has 1 aromatic carbocycles. The number of carbonyl (C=O) groups excluding carboxylic acids is 2. The molecule has 2 aromatic heterocycles. The molecule has 0 aliphatic rings. The van der Waals surface area contributed by atoms with E-state index >= 15 is 0 Å². The molecule has 27 heavy (non-hydrogen) atoms. The number of nitrogens with zero attached hydrogens (tertiary/aromatic N) is 3. The summed E-state index contributed by atoms with van der Waals surface area (Å²) in [6, 6.07) is 11.3. The summed E-state index contributed by atoms with van der Waals surface area (Å²) in [7, 11) is 0. The van der Waals surface area contributed by atoms with Crippen molar-refractivity contribution in [3.8, 4) is 6.07 Å². The van der Waals surface area contributed by atoms with Crippen molar-refractivity contribution >= 4 is 28.4 Å². The monoisotopic (exact) mass is 362 g/mol. The highest BCUT2D eigenvalue weighted by Crippen LogP contribution is 2.17. The minimum Gasteiger partial charge on any atom is -0.349 e. The SMILES string of the molecule is CC(C)(C#N)CNC(=O)c1[nH]ncc1NC(=O)c1cnc2ccccc2c1. The molecular weight excluding hydrogens is 344 g/mol. The maximum Gasteiger partial charge on any atom is 0.271 e. The van der Waals surface area contributed by atoms with E-state index in [2.05, 4.69) is 31.9 Å². The van der Waals surface area contributed by atoms with Gasteiger partial charge in [0.15, 0.2) is 0 Å². The number of pyridine rings is 1. The number of para-hydroxylation sites is 1. The minimum atomic E-state index is -0.699. The third-order valence-electron chi connectivity index (χ3n) is 3.96. The molecule has 0 atom stereocenters. The number of hydrogen-bond acceptors (Lipinski definition) is 5. The zero-order valence-electron chi connectivity index (χ0n) is 14.9. The van der Waals surface area contributed by atoms with E-state index in [0.717, 1.165) is 10.9 Å². The molecule has 2 heterocycles. The van der Waals surface area contributed by atoms with Crippen LogP contribution in [0, 0.1) is 16.7 Å². The Kier molecular flexibility index (Phi) is 4.86. The summed E-state index contributed by atoms with van der Waals surface area (Å²) in [5.41, 5.74) is 0.825. The summed E-state index contributed by atoms with van der Waals surface area (Å²) in [6.07, 6.45) is 2.84. The Balaban J connectivity index is 1.74. The number of amides is 2. The third kappa shape index (κ3) is 4.10. The van der Waals surface area contributed by atoms with Crippen LogP contribution in [0.1, 0.15) is 34.7 Å². The molecule has 136 valence electrons. The number of carbonyl (C=O) groups is 2. The fraction of sp³-hybridized carbons (Fsp3) is 0.211. The van der Waals surface area contributed by atoms with Crippen molar-refractivity contribution in [1.82, 2.24) is 20.5 Å². The number of H-pyrrole nitrogens is 1. The van der Waals surface area contributed by atoms with Crippen LogP contribution < -0.4 is 10.6 Å². The van der Waals surface area contributed by atoms with Crippen LogP contribution in [0.5, 0.6) is 0 Å². The first-order valence-electron chi connectivity index (χ1n) is 8.28. The van der Waals surface area contributed by atoms with Gasteiger partial charge in [-0.1, -0.05) is 18.2 Å². The highest BCUT2D eigenvalue weighted by atomic mass is 16.2. The van der Waals surface area contributed by atoms with Crippen molar-refractivity contribution < 1.29 is 9.59 Å². The molecule has 0 unspecified atom stereocenters. The maximum atomic E-state index is 12.5. The Labute approximate surface area is 155 Å². The highest BCUT2D eigenvalue weighted by Gasteiger charge is 2.21. The molecule has 0 saturated carbocycles. The molecule has 0 bridgehead atoms. The van der Waals surface area contributed by atoms with Crippen LogP contribution >= 0.6 is 0 Å². The van der Waals surface area contributed by atoms with E-state index in [1.165, 1.54) is 12.4 Å². The first kappa shape index (κ1) is 18.1. The number of nitrogens with one attached hydrogen (secondary N) is 3. The molecule has 2 amide bonds. The van der Waals surface area contributed by atoms with Gasteiger partial charge in [0.05, 0.1) is 34.4 Å². The molecule has 0 aliphatic heterocycles. The summed E-state index contributed by atoms with van der Waals surface area (Å²) in [4.78, 5) is 29.1. The largest absolute Gasteiger partial charge is 0.349 e. The number of anilines is 1. The van der Waals surface area contributed by atoms with Crippen LogP contribution in [0.15, 0.2) is 42.7 Å². The second-order valence-corrected chi connectivity index (χ2v) is 6.71. The van der Waals surface area contributed by atoms with Crippen molar-refractivity contribution in [2.45, 2.75) is 13.8 Å². The van der Waals surface area contributed by atoms with E-state index < -0.39 is 17.2 Å². The van der Waals surface area contributed by atoms with Crippen LogP contribution in [-0.4, -0.2) is 33.5 Å². The van der Waals surface area contributed by atoms with Gasteiger partial charge in [0, 0.05) is 18.1 Å². The van der Waals surface area contributed by atoms with Crippen LogP contribution in [0.25, 0.3) is 10.9 Å². The van der Waals surface area contributed by atoms with Gasteiger partial charge in [0.25, 0.3) is 11.8 Å². The lowest BCUT2D eigenvalue weighted by Crippen LogP contribution is -2.33. The Hall–Kier alpha value is -3.73. The first-order chi connectivity index (χ1) is 12.9. The number of hydrogen-bond donors (Lipinski definition) is 3. The van der Waals surface area contributed by atoms with E-state index in [4.69, 9.17) is 5.26 Å². The van der Waals surface area contributed by atoms with E-state index in [-0.39, 0.29) is 17.9 Å². The molecule has 3 N–H and O–H groups in total. The van der Waals surface area contributed by atoms with Crippen LogP contribution in [0.3, 0.4) is 0 Å². The number of aromatic nitrogens is 3. The quantitative estimate of drug-likeness (QED) is 0.643. The van der Waals surface area contributed by atoms with Crippen molar-refractivity contribution in [3.05, 3.63) is 54.0 Å². The molecule has 8 heteroatoms. The standard InChI is InChI=1S/C19H18N6O2/c1-19(2,10-20)11-22-18(27)16-15(9-23-25-16)24-17(26)13-7-12-5-3-4-6-14(12)21-8-13/h3-9H,11H2,1-2H3,(H,22,27)(H,23,25)(H,24,26). The van der Waals surface area contributed by atoms with Gasteiger partial charge < -0.3 is 10.6 Å². The van der Waals surface area contributed by atoms with Gasteiger partial charge >= 0.3 is 0 Å². The lowest BCUT2D eigenvalue weighted by Gasteiger charge is -2.15. The third-order valence-corrected chi connectivity index (χ3v) is 3.96. The average molecular weight is 362 g/mol. The molecule has 3 rings (SSSR count). The van der Waals surface area contributed by atoms with E-state index in [1.807, 2.05) is 24.3 Å². The van der Waals surface area contributed by atoms with Gasteiger partial charge in [-0.2, -0.15) is 10.4 Å². The normalized spacial score (nSPS) is 11.0. The predicted molar refractivity (Wildman–Crippen MR) is 100 cm³/mol. The van der Waals surface area contributed by atoms with E-state index in [0.29, 0.717) is 5.56 Å². The summed E-state index contributed by atoms with van der Waals surface area (Å²) in [6.45, 7) is 3.61. The van der Waals surface area contributed by atoms with Gasteiger partial charge in [-0.05, 0) is 26.0 Å². The van der Waals surface area contributed by atoms with Gasteiger partial charge in [0.2, 0.25) is 0 Å². The average Bonchev–Trinajstić information content (AvgIpc) is 3.14. The first-order valence-corrected chi connectivity index (χ1v) is 8.28. The lowest BCUT2D eigenvalue weighted by atomic mass is 9.96. The molecule has 3 aromatic rings. The van der Waals surface area contributed by atoms with Crippen molar-refractivity contribution in [3.63, 3.8) is 0 Å². The fourth-order valence-corrected chi connectivity index (χ4v) is 2.37. The second kappa shape index (κ2) is 7.25. The smallest absolute Gasteiger partial charge is 0.271 e. The second-order valence-electron chi connectivity index (χ2n) is 6.71. The summed E-state index contributed by atoms with van der Waals surface area (Å²) in [5.74, 6) is -0.858. The highest BCUT2D eigenvalue weighted by molar-refractivity contribution is 6.09. The predicted octanol–water partition coefficient (Wildman–Crippen LogP) is 2.49. The van der Waals surface area contributed by atoms with Crippen LogP contribution in [0.2, 0.25) is 0 Å². The zero-order valence-corrected chi connectivity index (χ0v) is 14.9. The van der Waals surface area contributed by atoms with Crippen molar-refractivity contribution in [1.29, 1.82) is 5.26 Å². The fourth-order valence-electron chi connectivity index (χ4n) is 2.37. The number of fused-ring (bicyclic) bond motifs is 1. The summed E-state index contributed by atoms with van der Waals surface area (Å²) in [5, 5.41) is 21.6. The van der Waals surface area contributed by atoms with Gasteiger partial charge in [-0.15, -0.1) is 0 Å². The van der Waals surface area contributed by atoms with Crippen LogP contribution in [-0.2, 0) is 0 Å².